The number of phosphoric ester groups is 1. The number of carbonyl (C=O) groups excluding carboxylic acids is 6. The Kier molecular flexibility index (Phi) is 20.9. The van der Waals surface area contributed by atoms with E-state index in [1.54, 1.807) is 0 Å². The highest BCUT2D eigenvalue weighted by atomic mass is 31.2. The number of phosphoric acid groups is 1. The Hall–Kier alpha value is -4.48. The zero-order chi connectivity index (χ0) is 43.4. The number of aromatic nitrogens is 2. The molecule has 7 N–H and O–H groups in total. The molecule has 18 nitrogen and oxygen atoms in total. The number of aldehydes is 1. The zero-order valence-corrected chi connectivity index (χ0v) is 35.4. The van der Waals surface area contributed by atoms with Crippen molar-refractivity contribution in [1.29, 1.82) is 0 Å². The van der Waals surface area contributed by atoms with Gasteiger partial charge < -0.3 is 45.9 Å². The number of nitrogens with zero attached hydrogens (tertiary/aromatic N) is 2. The van der Waals surface area contributed by atoms with E-state index in [2.05, 4.69) is 43.4 Å². The Balaban J connectivity index is 1.53. The number of aliphatic hydroxyl groups excluding tert-OH is 1. The first kappa shape index (κ1) is 48.9. The lowest BCUT2D eigenvalue weighted by Gasteiger charge is -2.28. The third-order valence-corrected chi connectivity index (χ3v) is 11.1. The Morgan fingerprint density at radius 3 is 2.20 bits per heavy atom. The highest BCUT2D eigenvalue weighted by Crippen LogP contribution is 2.45. The van der Waals surface area contributed by atoms with E-state index < -0.39 is 74.4 Å². The summed E-state index contributed by atoms with van der Waals surface area (Å²) in [7, 11) is -4.63. The molecule has 1 aromatic heterocycles. The van der Waals surface area contributed by atoms with E-state index in [1.807, 2.05) is 32.0 Å². The van der Waals surface area contributed by atoms with Gasteiger partial charge in [-0.05, 0) is 56.9 Å². The van der Waals surface area contributed by atoms with Crippen molar-refractivity contribution in [2.24, 2.45) is 5.92 Å². The van der Waals surface area contributed by atoms with Crippen molar-refractivity contribution in [2.75, 3.05) is 19.8 Å². The molecule has 7 atom stereocenters. The van der Waals surface area contributed by atoms with Crippen LogP contribution in [0, 0.1) is 5.92 Å². The standard InChI is InChI=1S/C40H62N7O11P/c1-27(2)21-32(44-40(54)36-18-14-19-47(36)29(4)50)37(51)43-33(22-31-23-41-26-42-31)38(52)46-35(25-49)39(53)45-34(24-48)28(3)58-59(55,56)57-20-13-8-6-5-7-10-15-30-16-11-9-12-17-30/h9,11-12,16-17,23-24,26-28,32-36,49H,5-8,10,13-15,18-22,25H2,1-4H3,(H,41,42)(H,43,51)(H,44,54)(H,45,53)(H,46,52)(H,55,56)/t28-,32+,33+,34-,35+,36+/m1/s1. The predicted molar refractivity (Wildman–Crippen MR) is 217 cm³/mol. The van der Waals surface area contributed by atoms with E-state index in [0.29, 0.717) is 31.5 Å². The molecule has 1 fully saturated rings. The number of imidazole rings is 1. The van der Waals surface area contributed by atoms with Gasteiger partial charge in [0, 0.05) is 31.8 Å². The second-order valence-corrected chi connectivity index (χ2v) is 16.7. The van der Waals surface area contributed by atoms with Crippen molar-refractivity contribution in [1.82, 2.24) is 36.1 Å². The summed E-state index contributed by atoms with van der Waals surface area (Å²) in [6, 6.07) is 4.00. The van der Waals surface area contributed by atoms with E-state index in [1.165, 1.54) is 36.8 Å². The molecule has 0 spiro atoms. The Morgan fingerprint density at radius 2 is 1.58 bits per heavy atom. The van der Waals surface area contributed by atoms with Gasteiger partial charge in [-0.25, -0.2) is 9.55 Å². The number of hydrogen-bond acceptors (Lipinski definition) is 11. The molecule has 1 saturated heterocycles. The molecule has 59 heavy (non-hydrogen) atoms. The highest BCUT2D eigenvalue weighted by molar-refractivity contribution is 7.47. The molecule has 0 bridgehead atoms. The minimum atomic E-state index is -4.63. The van der Waals surface area contributed by atoms with E-state index in [4.69, 9.17) is 9.05 Å². The third kappa shape index (κ3) is 17.3. The van der Waals surface area contributed by atoms with E-state index >= 15 is 0 Å². The lowest BCUT2D eigenvalue weighted by Crippen LogP contribution is -2.60. The van der Waals surface area contributed by atoms with Crippen LogP contribution >= 0.6 is 7.82 Å². The molecular weight excluding hydrogens is 785 g/mol. The summed E-state index contributed by atoms with van der Waals surface area (Å²) >= 11 is 0. The van der Waals surface area contributed by atoms with Crippen molar-refractivity contribution in [3.63, 3.8) is 0 Å². The number of aliphatic hydroxyl groups is 1. The second-order valence-electron chi connectivity index (χ2n) is 15.3. The van der Waals surface area contributed by atoms with Gasteiger partial charge in [0.05, 0.1) is 25.6 Å². The van der Waals surface area contributed by atoms with Crippen LogP contribution in [0.25, 0.3) is 0 Å². The number of nitrogens with one attached hydrogen (secondary N) is 5. The van der Waals surface area contributed by atoms with Gasteiger partial charge in [-0.1, -0.05) is 69.9 Å². The largest absolute Gasteiger partial charge is 0.472 e. The molecule has 5 amide bonds. The maximum absolute atomic E-state index is 13.7. The highest BCUT2D eigenvalue weighted by Gasteiger charge is 2.37. The number of hydrogen-bond donors (Lipinski definition) is 7. The number of aromatic amines is 1. The topological polar surface area (TPSA) is 258 Å². The van der Waals surface area contributed by atoms with Crippen LogP contribution in [0.4, 0.5) is 0 Å². The first-order valence-corrected chi connectivity index (χ1v) is 21.8. The van der Waals surface area contributed by atoms with Gasteiger partial charge in [0.25, 0.3) is 0 Å². The lowest BCUT2D eigenvalue weighted by atomic mass is 10.0. The molecule has 1 aliphatic rings. The fourth-order valence-corrected chi connectivity index (χ4v) is 7.72. The maximum atomic E-state index is 13.7. The van der Waals surface area contributed by atoms with E-state index in [-0.39, 0.29) is 37.6 Å². The van der Waals surface area contributed by atoms with Crippen molar-refractivity contribution in [3.8, 4) is 0 Å². The molecule has 1 aliphatic heterocycles. The average molecular weight is 848 g/mol. The predicted octanol–water partition coefficient (Wildman–Crippen LogP) is 2.25. The molecule has 0 radical (unpaired) electrons. The van der Waals surface area contributed by atoms with Crippen molar-refractivity contribution in [3.05, 3.63) is 54.1 Å². The third-order valence-electron chi connectivity index (χ3n) is 9.95. The van der Waals surface area contributed by atoms with E-state index in [0.717, 1.165) is 38.5 Å². The summed E-state index contributed by atoms with van der Waals surface area (Å²) < 4.78 is 22.9. The molecule has 1 aromatic carbocycles. The molecule has 328 valence electrons. The molecule has 0 saturated carbocycles. The number of benzene rings is 1. The summed E-state index contributed by atoms with van der Waals surface area (Å²) in [6.45, 7) is 5.81. The lowest BCUT2D eigenvalue weighted by molar-refractivity contribution is -0.138. The normalized spacial score (nSPS) is 17.5. The molecule has 3 rings (SSSR count). The van der Waals surface area contributed by atoms with Gasteiger partial charge in [-0.3, -0.25) is 33.0 Å². The number of likely N-dealkylation sites (tertiary alicyclic amines) is 1. The minimum Gasteiger partial charge on any atom is -0.394 e. The zero-order valence-electron chi connectivity index (χ0n) is 34.5. The van der Waals surface area contributed by atoms with Crippen molar-refractivity contribution in [2.45, 2.75) is 135 Å². The second kappa shape index (κ2) is 25.2. The van der Waals surface area contributed by atoms with Gasteiger partial charge in [-0.2, -0.15) is 0 Å². The number of rotatable bonds is 27. The first-order valence-electron chi connectivity index (χ1n) is 20.4. The van der Waals surface area contributed by atoms with Crippen molar-refractivity contribution >= 4 is 43.6 Å². The van der Waals surface area contributed by atoms with Crippen LogP contribution in [-0.2, 0) is 55.2 Å². The number of aryl methyl sites for hydroxylation is 1. The molecule has 0 aliphatic carbocycles. The van der Waals surface area contributed by atoms with Gasteiger partial charge >= 0.3 is 7.82 Å². The molecule has 1 unspecified atom stereocenters. The van der Waals surface area contributed by atoms with Crippen molar-refractivity contribution < 1.29 is 52.4 Å². The smallest absolute Gasteiger partial charge is 0.394 e. The van der Waals surface area contributed by atoms with Crippen LogP contribution in [0.3, 0.4) is 0 Å². The van der Waals surface area contributed by atoms with Crippen LogP contribution < -0.4 is 21.3 Å². The molecular formula is C40H62N7O11P. The fourth-order valence-electron chi connectivity index (χ4n) is 6.75. The summed E-state index contributed by atoms with van der Waals surface area (Å²) in [6.07, 6.45) is 9.32. The quantitative estimate of drug-likeness (QED) is 0.0388. The van der Waals surface area contributed by atoms with Crippen LogP contribution in [0.1, 0.15) is 96.7 Å². The Bertz CT molecular complexity index is 1680. The first-order chi connectivity index (χ1) is 28.1. The summed E-state index contributed by atoms with van der Waals surface area (Å²) in [4.78, 5) is 96.4. The van der Waals surface area contributed by atoms with Gasteiger partial charge in [0.2, 0.25) is 29.5 Å². The number of unbranched alkanes of at least 4 members (excludes halogenated alkanes) is 5. The van der Waals surface area contributed by atoms with Gasteiger partial charge in [0.1, 0.15) is 36.5 Å². The van der Waals surface area contributed by atoms with Gasteiger partial charge in [0.15, 0.2) is 0 Å². The van der Waals surface area contributed by atoms with Crippen LogP contribution in [0.2, 0.25) is 0 Å². The number of H-pyrrole nitrogens is 1. The molecule has 2 aromatic rings. The molecule has 19 heteroatoms. The number of carbonyl (C=O) groups is 6. The van der Waals surface area contributed by atoms with E-state index in [9.17, 15) is 43.3 Å². The molecule has 2 heterocycles. The van der Waals surface area contributed by atoms with Crippen LogP contribution in [0.5, 0.6) is 0 Å². The summed E-state index contributed by atoms with van der Waals surface area (Å²) in [5, 5.41) is 20.2. The Labute approximate surface area is 346 Å². The fraction of sp³-hybridized carbons (Fsp3) is 0.625. The average Bonchev–Trinajstić information content (AvgIpc) is 3.91. The van der Waals surface area contributed by atoms with Gasteiger partial charge in [-0.15, -0.1) is 0 Å². The Morgan fingerprint density at radius 1 is 0.932 bits per heavy atom. The summed E-state index contributed by atoms with van der Waals surface area (Å²) in [5.74, 6) is -3.40. The summed E-state index contributed by atoms with van der Waals surface area (Å²) in [5.41, 5.74) is 1.75. The number of amides is 5. The minimum absolute atomic E-state index is 0.0545. The maximum Gasteiger partial charge on any atom is 0.472 e. The SMILES string of the molecule is CC(=O)N1CCC[C@H]1C(=O)N[C@@H](CC(C)C)C(=O)N[C@@H](Cc1cnc[nH]1)C(=O)N[C@@H](CO)C(=O)N[C@H](C=O)[C@@H](C)OP(=O)(O)OCCCCCCCCc1ccccc1. The van der Waals surface area contributed by atoms with Crippen LogP contribution in [-0.4, -0.2) is 117 Å². The van der Waals surface area contributed by atoms with Crippen LogP contribution in [0.15, 0.2) is 42.9 Å². The monoisotopic (exact) mass is 847 g/mol.